The zero-order valence-electron chi connectivity index (χ0n) is 12.6. The molecular formula is C18H29N. The van der Waals surface area contributed by atoms with Gasteiger partial charge in [0.25, 0.3) is 0 Å². The van der Waals surface area contributed by atoms with Gasteiger partial charge in [-0.2, -0.15) is 0 Å². The first-order valence-electron chi connectivity index (χ1n) is 7.13. The van der Waals surface area contributed by atoms with Crippen LogP contribution in [-0.2, 0) is 0 Å². The molecular weight excluding hydrogens is 230 g/mol. The predicted molar refractivity (Wildman–Crippen MR) is 87.3 cm³/mol. The maximum atomic E-state index is 3.69. The van der Waals surface area contributed by atoms with E-state index >= 15 is 0 Å². The van der Waals surface area contributed by atoms with Crippen LogP contribution in [0.1, 0.15) is 44.6 Å². The van der Waals surface area contributed by atoms with Crippen LogP contribution in [0.25, 0.3) is 0 Å². The van der Waals surface area contributed by atoms with Crippen molar-refractivity contribution in [2.24, 2.45) is 5.92 Å². The molecule has 0 heterocycles. The fourth-order valence-electron chi connectivity index (χ4n) is 2.10. The minimum atomic E-state index is 0.672. The molecule has 0 aliphatic carbocycles. The normalized spacial score (nSPS) is 11.3. The molecule has 0 saturated heterocycles. The van der Waals surface area contributed by atoms with Gasteiger partial charge in [-0.25, -0.2) is 0 Å². The first-order valence-corrected chi connectivity index (χ1v) is 7.13. The summed E-state index contributed by atoms with van der Waals surface area (Å²) in [6.07, 6.45) is 5.54. The molecule has 1 N–H and O–H groups in total. The summed E-state index contributed by atoms with van der Waals surface area (Å²) in [7, 11) is 0. The van der Waals surface area contributed by atoms with Crippen LogP contribution >= 0.6 is 0 Å². The minimum Gasteiger partial charge on any atom is -0.391 e. The SMILES string of the molecule is C=C.C=CNCCC(CCC(C)C)c1ccccc1. The van der Waals surface area contributed by atoms with Crippen molar-refractivity contribution < 1.29 is 0 Å². The van der Waals surface area contributed by atoms with Crippen LogP contribution in [0.15, 0.2) is 56.3 Å². The highest BCUT2D eigenvalue weighted by molar-refractivity contribution is 5.19. The molecule has 1 rings (SSSR count). The third-order valence-corrected chi connectivity index (χ3v) is 3.14. The second kappa shape index (κ2) is 11.6. The van der Waals surface area contributed by atoms with Crippen molar-refractivity contribution in [3.63, 3.8) is 0 Å². The maximum Gasteiger partial charge on any atom is 0.0147 e. The van der Waals surface area contributed by atoms with Crippen molar-refractivity contribution in [1.82, 2.24) is 5.32 Å². The van der Waals surface area contributed by atoms with Crippen molar-refractivity contribution in [3.05, 3.63) is 61.8 Å². The summed E-state index contributed by atoms with van der Waals surface area (Å²) in [5.41, 5.74) is 1.47. The van der Waals surface area contributed by atoms with Crippen molar-refractivity contribution >= 4 is 0 Å². The van der Waals surface area contributed by atoms with Crippen molar-refractivity contribution in [1.29, 1.82) is 0 Å². The van der Waals surface area contributed by atoms with Gasteiger partial charge < -0.3 is 5.32 Å². The average Bonchev–Trinajstić information content (AvgIpc) is 2.45. The summed E-state index contributed by atoms with van der Waals surface area (Å²) in [5.74, 6) is 1.46. The summed E-state index contributed by atoms with van der Waals surface area (Å²) in [6.45, 7) is 15.3. The molecule has 0 aliphatic heterocycles. The summed E-state index contributed by atoms with van der Waals surface area (Å²) < 4.78 is 0. The van der Waals surface area contributed by atoms with E-state index in [1.54, 1.807) is 6.20 Å². The average molecular weight is 259 g/mol. The number of hydrogen-bond donors (Lipinski definition) is 1. The molecule has 106 valence electrons. The quantitative estimate of drug-likeness (QED) is 0.504. The molecule has 0 saturated carbocycles. The topological polar surface area (TPSA) is 12.0 Å². The molecule has 0 fully saturated rings. The van der Waals surface area contributed by atoms with Crippen LogP contribution in [0.5, 0.6) is 0 Å². The van der Waals surface area contributed by atoms with Crippen LogP contribution in [0.2, 0.25) is 0 Å². The molecule has 0 amide bonds. The highest BCUT2D eigenvalue weighted by atomic mass is 14.8. The zero-order valence-corrected chi connectivity index (χ0v) is 12.6. The summed E-state index contributed by atoms with van der Waals surface area (Å²) in [6, 6.07) is 10.9. The molecule has 1 nitrogen and oxygen atoms in total. The first kappa shape index (κ1) is 17.5. The molecule has 0 radical (unpaired) electrons. The Kier molecular flexibility index (Phi) is 10.7. The smallest absolute Gasteiger partial charge is 0.0147 e. The second-order valence-electron chi connectivity index (χ2n) is 5.03. The lowest BCUT2D eigenvalue weighted by Crippen LogP contribution is -2.12. The second-order valence-corrected chi connectivity index (χ2v) is 5.03. The monoisotopic (exact) mass is 259 g/mol. The molecule has 0 aliphatic rings. The molecule has 1 aromatic carbocycles. The van der Waals surface area contributed by atoms with E-state index in [-0.39, 0.29) is 0 Å². The fraction of sp³-hybridized carbons (Fsp3) is 0.444. The third-order valence-electron chi connectivity index (χ3n) is 3.14. The number of benzene rings is 1. The van der Waals surface area contributed by atoms with Gasteiger partial charge in [-0.05, 0) is 36.4 Å². The van der Waals surface area contributed by atoms with Gasteiger partial charge in [-0.15, -0.1) is 13.2 Å². The highest BCUT2D eigenvalue weighted by Gasteiger charge is 2.11. The molecule has 0 spiro atoms. The van der Waals surface area contributed by atoms with Gasteiger partial charge in [0.05, 0.1) is 0 Å². The molecule has 1 unspecified atom stereocenters. The van der Waals surface area contributed by atoms with Gasteiger partial charge in [-0.1, -0.05) is 57.2 Å². The molecule has 1 atom stereocenters. The van der Waals surface area contributed by atoms with Crippen LogP contribution in [0.4, 0.5) is 0 Å². The minimum absolute atomic E-state index is 0.672. The lowest BCUT2D eigenvalue weighted by molar-refractivity contribution is 0.478. The van der Waals surface area contributed by atoms with E-state index in [1.165, 1.54) is 24.8 Å². The molecule has 19 heavy (non-hydrogen) atoms. The van der Waals surface area contributed by atoms with E-state index in [0.29, 0.717) is 5.92 Å². The molecule has 0 bridgehead atoms. The number of nitrogens with one attached hydrogen (secondary N) is 1. The highest BCUT2D eigenvalue weighted by Crippen LogP contribution is 2.26. The van der Waals surface area contributed by atoms with E-state index in [2.05, 4.69) is 69.2 Å². The fourth-order valence-corrected chi connectivity index (χ4v) is 2.10. The molecule has 1 aromatic rings. The van der Waals surface area contributed by atoms with Crippen molar-refractivity contribution in [2.75, 3.05) is 6.54 Å². The predicted octanol–water partition coefficient (Wildman–Crippen LogP) is 5.13. The molecule has 0 aromatic heterocycles. The third kappa shape index (κ3) is 8.25. The molecule has 1 heteroatoms. The van der Waals surface area contributed by atoms with Crippen molar-refractivity contribution in [2.45, 2.75) is 39.0 Å². The Morgan fingerprint density at radius 2 is 1.68 bits per heavy atom. The Hall–Kier alpha value is -1.50. The van der Waals surface area contributed by atoms with E-state index in [9.17, 15) is 0 Å². The Labute approximate surface area is 119 Å². The van der Waals surface area contributed by atoms with Gasteiger partial charge in [-0.3, -0.25) is 0 Å². The van der Waals surface area contributed by atoms with Gasteiger partial charge in [0, 0.05) is 6.54 Å². The van der Waals surface area contributed by atoms with Gasteiger partial charge in [0.2, 0.25) is 0 Å². The van der Waals surface area contributed by atoms with Crippen LogP contribution in [0, 0.1) is 5.92 Å². The van der Waals surface area contributed by atoms with Gasteiger partial charge >= 0.3 is 0 Å². The van der Waals surface area contributed by atoms with E-state index < -0.39 is 0 Å². The van der Waals surface area contributed by atoms with Gasteiger partial charge in [0.15, 0.2) is 0 Å². The zero-order chi connectivity index (χ0) is 14.5. The summed E-state index contributed by atoms with van der Waals surface area (Å²) >= 11 is 0. The lowest BCUT2D eigenvalue weighted by atomic mass is 9.89. The Morgan fingerprint density at radius 1 is 1.05 bits per heavy atom. The number of hydrogen-bond acceptors (Lipinski definition) is 1. The van der Waals surface area contributed by atoms with Crippen LogP contribution < -0.4 is 5.32 Å². The van der Waals surface area contributed by atoms with E-state index in [0.717, 1.165) is 12.5 Å². The maximum absolute atomic E-state index is 3.69. The standard InChI is InChI=1S/C16H25N.C2H4/c1-4-17-13-12-16(11-10-14(2)3)15-8-6-5-7-9-15;1-2/h4-9,14,16-17H,1,10-13H2,2-3H3;1-2H2. The van der Waals surface area contributed by atoms with Gasteiger partial charge in [0.1, 0.15) is 0 Å². The van der Waals surface area contributed by atoms with Crippen molar-refractivity contribution in [3.8, 4) is 0 Å². The lowest BCUT2D eigenvalue weighted by Gasteiger charge is -2.18. The van der Waals surface area contributed by atoms with E-state index in [4.69, 9.17) is 0 Å². The summed E-state index contributed by atoms with van der Waals surface area (Å²) in [5, 5.41) is 3.20. The first-order chi connectivity index (χ1) is 9.24. The van der Waals surface area contributed by atoms with Crippen LogP contribution in [-0.4, -0.2) is 6.54 Å². The van der Waals surface area contributed by atoms with E-state index in [1.807, 2.05) is 0 Å². The Balaban J connectivity index is 0.00000154. The Bertz CT molecular complexity index is 316. The van der Waals surface area contributed by atoms with Crippen LogP contribution in [0.3, 0.4) is 0 Å². The number of rotatable bonds is 8. The summed E-state index contributed by atoms with van der Waals surface area (Å²) in [4.78, 5) is 0. The Morgan fingerprint density at radius 3 is 2.21 bits per heavy atom. The largest absolute Gasteiger partial charge is 0.391 e.